The summed E-state index contributed by atoms with van der Waals surface area (Å²) in [6, 6.07) is -0.265. The second kappa shape index (κ2) is 4.95. The van der Waals surface area contributed by atoms with E-state index in [4.69, 9.17) is 0 Å². The predicted octanol–water partition coefficient (Wildman–Crippen LogP) is -0.216. The highest BCUT2D eigenvalue weighted by Gasteiger charge is 2.29. The van der Waals surface area contributed by atoms with Crippen LogP contribution in [0.1, 0.15) is 13.8 Å². The van der Waals surface area contributed by atoms with Gasteiger partial charge < -0.3 is 10.6 Å². The van der Waals surface area contributed by atoms with Crippen LogP contribution in [-0.4, -0.2) is 43.0 Å². The van der Waals surface area contributed by atoms with Crippen molar-refractivity contribution >= 4 is 11.9 Å². The summed E-state index contributed by atoms with van der Waals surface area (Å²) in [6.07, 6.45) is 0. The highest BCUT2D eigenvalue weighted by atomic mass is 16.2. The van der Waals surface area contributed by atoms with E-state index in [-0.39, 0.29) is 18.5 Å². The van der Waals surface area contributed by atoms with Gasteiger partial charge in [-0.2, -0.15) is 0 Å². The van der Waals surface area contributed by atoms with Crippen LogP contribution in [-0.2, 0) is 4.79 Å². The zero-order valence-electron chi connectivity index (χ0n) is 8.67. The van der Waals surface area contributed by atoms with Gasteiger partial charge in [-0.15, -0.1) is 0 Å². The van der Waals surface area contributed by atoms with Crippen molar-refractivity contribution in [1.29, 1.82) is 0 Å². The summed E-state index contributed by atoms with van der Waals surface area (Å²) < 4.78 is 0. The quantitative estimate of drug-likeness (QED) is 0.602. The van der Waals surface area contributed by atoms with Crippen molar-refractivity contribution in [3.05, 3.63) is 0 Å². The predicted molar refractivity (Wildman–Crippen MR) is 52.8 cm³/mol. The first kappa shape index (κ1) is 11.0. The van der Waals surface area contributed by atoms with Gasteiger partial charge in [0.15, 0.2) is 0 Å². The van der Waals surface area contributed by atoms with Crippen molar-refractivity contribution in [2.45, 2.75) is 13.8 Å². The van der Waals surface area contributed by atoms with E-state index in [9.17, 15) is 9.59 Å². The molecule has 0 aromatic rings. The van der Waals surface area contributed by atoms with E-state index in [0.717, 1.165) is 13.1 Å². The second-order valence-electron chi connectivity index (χ2n) is 3.58. The number of nitrogens with zero attached hydrogens (tertiary/aromatic N) is 1. The van der Waals surface area contributed by atoms with Crippen LogP contribution in [0.4, 0.5) is 4.79 Å². The molecule has 0 aliphatic carbocycles. The number of urea groups is 1. The van der Waals surface area contributed by atoms with Crippen molar-refractivity contribution in [1.82, 2.24) is 15.5 Å². The van der Waals surface area contributed by atoms with Crippen molar-refractivity contribution in [2.24, 2.45) is 5.92 Å². The van der Waals surface area contributed by atoms with Gasteiger partial charge in [0.1, 0.15) is 0 Å². The summed E-state index contributed by atoms with van der Waals surface area (Å²) in [4.78, 5) is 23.7. The first-order chi connectivity index (χ1) is 6.65. The molecule has 3 amide bonds. The van der Waals surface area contributed by atoms with Crippen LogP contribution in [0.5, 0.6) is 0 Å². The van der Waals surface area contributed by atoms with Crippen LogP contribution < -0.4 is 10.6 Å². The zero-order chi connectivity index (χ0) is 10.6. The molecule has 1 fully saturated rings. The Bertz CT molecular complexity index is 214. The molecule has 1 atom stereocenters. The Morgan fingerprint density at radius 2 is 2.29 bits per heavy atom. The third kappa shape index (κ3) is 2.70. The molecule has 5 heteroatoms. The average molecular weight is 199 g/mol. The van der Waals surface area contributed by atoms with Crippen molar-refractivity contribution in [3.63, 3.8) is 0 Å². The maximum absolute atomic E-state index is 11.2. The van der Waals surface area contributed by atoms with Crippen molar-refractivity contribution in [3.8, 4) is 0 Å². The van der Waals surface area contributed by atoms with Crippen LogP contribution in [0.15, 0.2) is 0 Å². The number of carbonyl (C=O) groups excluding carboxylic acids is 2. The summed E-state index contributed by atoms with van der Waals surface area (Å²) >= 11 is 0. The van der Waals surface area contributed by atoms with Crippen LogP contribution >= 0.6 is 0 Å². The fourth-order valence-electron chi connectivity index (χ4n) is 1.41. The SMILES string of the molecule is CCNCC(C)CN1C(=O)CNC1=O. The van der Waals surface area contributed by atoms with E-state index in [1.807, 2.05) is 13.8 Å². The van der Waals surface area contributed by atoms with Crippen LogP contribution in [0.3, 0.4) is 0 Å². The van der Waals surface area contributed by atoms with Crippen LogP contribution in [0.25, 0.3) is 0 Å². The molecule has 0 radical (unpaired) electrons. The molecule has 0 aromatic carbocycles. The number of imide groups is 1. The van der Waals surface area contributed by atoms with E-state index in [2.05, 4.69) is 10.6 Å². The fraction of sp³-hybridized carbons (Fsp3) is 0.778. The lowest BCUT2D eigenvalue weighted by Gasteiger charge is -2.18. The smallest absolute Gasteiger partial charge is 0.324 e. The second-order valence-corrected chi connectivity index (χ2v) is 3.58. The van der Waals surface area contributed by atoms with Gasteiger partial charge in [0.05, 0.1) is 6.54 Å². The fourth-order valence-corrected chi connectivity index (χ4v) is 1.41. The summed E-state index contributed by atoms with van der Waals surface area (Å²) in [5.74, 6) is 0.168. The first-order valence-corrected chi connectivity index (χ1v) is 4.94. The van der Waals surface area contributed by atoms with Gasteiger partial charge in [0.2, 0.25) is 5.91 Å². The molecule has 1 aliphatic heterocycles. The molecule has 1 unspecified atom stereocenters. The molecule has 80 valence electrons. The van der Waals surface area contributed by atoms with Crippen molar-refractivity contribution in [2.75, 3.05) is 26.2 Å². The minimum Gasteiger partial charge on any atom is -0.329 e. The first-order valence-electron chi connectivity index (χ1n) is 4.94. The van der Waals surface area contributed by atoms with E-state index in [1.165, 1.54) is 4.90 Å². The van der Waals surface area contributed by atoms with E-state index < -0.39 is 0 Å². The third-order valence-corrected chi connectivity index (χ3v) is 2.17. The topological polar surface area (TPSA) is 61.4 Å². The number of carbonyl (C=O) groups is 2. The summed E-state index contributed by atoms with van der Waals surface area (Å²) in [5.41, 5.74) is 0. The molecule has 1 saturated heterocycles. The molecule has 0 saturated carbocycles. The normalized spacial score (nSPS) is 18.6. The Morgan fingerprint density at radius 3 is 2.79 bits per heavy atom. The monoisotopic (exact) mass is 199 g/mol. The maximum atomic E-state index is 11.2. The minimum absolute atomic E-state index is 0.127. The Labute approximate surface area is 83.8 Å². The molecule has 1 heterocycles. The number of nitrogens with one attached hydrogen (secondary N) is 2. The maximum Gasteiger partial charge on any atom is 0.324 e. The number of hydrogen-bond acceptors (Lipinski definition) is 3. The summed E-state index contributed by atoms with van der Waals surface area (Å²) in [6.45, 7) is 6.42. The molecule has 2 N–H and O–H groups in total. The molecular formula is C9H17N3O2. The number of hydrogen-bond donors (Lipinski definition) is 2. The van der Waals surface area contributed by atoms with Gasteiger partial charge in [0, 0.05) is 6.54 Å². The molecule has 0 bridgehead atoms. The number of amides is 3. The summed E-state index contributed by atoms with van der Waals surface area (Å²) in [7, 11) is 0. The molecule has 14 heavy (non-hydrogen) atoms. The van der Waals surface area contributed by atoms with Crippen LogP contribution in [0, 0.1) is 5.92 Å². The summed E-state index contributed by atoms with van der Waals surface area (Å²) in [5, 5.41) is 5.68. The van der Waals surface area contributed by atoms with Gasteiger partial charge in [-0.05, 0) is 19.0 Å². The molecule has 1 aliphatic rings. The lowest BCUT2D eigenvalue weighted by Crippen LogP contribution is -2.37. The third-order valence-electron chi connectivity index (χ3n) is 2.17. The molecular weight excluding hydrogens is 182 g/mol. The van der Waals surface area contributed by atoms with E-state index >= 15 is 0 Å². The Morgan fingerprint density at radius 1 is 1.57 bits per heavy atom. The molecule has 1 rings (SSSR count). The Hall–Kier alpha value is -1.10. The van der Waals surface area contributed by atoms with E-state index in [0.29, 0.717) is 12.5 Å². The zero-order valence-corrected chi connectivity index (χ0v) is 8.67. The largest absolute Gasteiger partial charge is 0.329 e. The van der Waals surface area contributed by atoms with Gasteiger partial charge in [-0.3, -0.25) is 9.69 Å². The van der Waals surface area contributed by atoms with Gasteiger partial charge in [-0.1, -0.05) is 13.8 Å². The van der Waals surface area contributed by atoms with Gasteiger partial charge in [0.25, 0.3) is 0 Å². The highest BCUT2D eigenvalue weighted by Crippen LogP contribution is 2.04. The molecule has 0 aromatic heterocycles. The standard InChI is InChI=1S/C9H17N3O2/c1-3-10-4-7(2)6-12-8(13)5-11-9(12)14/h7,10H,3-6H2,1-2H3,(H,11,14). The Balaban J connectivity index is 2.35. The minimum atomic E-state index is -0.265. The molecule has 0 spiro atoms. The highest BCUT2D eigenvalue weighted by molar-refractivity contribution is 6.01. The average Bonchev–Trinajstić information content (AvgIpc) is 2.46. The van der Waals surface area contributed by atoms with Gasteiger partial charge >= 0.3 is 6.03 Å². The number of rotatable bonds is 5. The lowest BCUT2D eigenvalue weighted by atomic mass is 10.1. The van der Waals surface area contributed by atoms with E-state index in [1.54, 1.807) is 0 Å². The van der Waals surface area contributed by atoms with Gasteiger partial charge in [-0.25, -0.2) is 4.79 Å². The lowest BCUT2D eigenvalue weighted by molar-refractivity contribution is -0.125. The van der Waals surface area contributed by atoms with Crippen molar-refractivity contribution < 1.29 is 9.59 Å². The van der Waals surface area contributed by atoms with Crippen LogP contribution in [0.2, 0.25) is 0 Å². The molecule has 5 nitrogen and oxygen atoms in total. The Kier molecular flexibility index (Phi) is 3.88.